The Labute approximate surface area is 173 Å². The first-order chi connectivity index (χ1) is 14.3. The summed E-state index contributed by atoms with van der Waals surface area (Å²) in [7, 11) is 0. The van der Waals surface area contributed by atoms with Gasteiger partial charge in [-0.1, -0.05) is 61.9 Å². The summed E-state index contributed by atoms with van der Waals surface area (Å²) in [6, 6.07) is 18.7. The van der Waals surface area contributed by atoms with Crippen LogP contribution in [0.4, 0.5) is 0 Å². The number of fused-ring (bicyclic) bond motifs is 1. The van der Waals surface area contributed by atoms with Crippen LogP contribution in [-0.2, 0) is 6.54 Å². The smallest absolute Gasteiger partial charge is 0.256 e. The topological polar surface area (TPSA) is 39.3 Å². The quantitative estimate of drug-likeness (QED) is 0.612. The molecule has 4 rings (SSSR count). The Morgan fingerprint density at radius 1 is 1.07 bits per heavy atom. The van der Waals surface area contributed by atoms with Crippen molar-refractivity contribution in [1.82, 2.24) is 14.8 Å². The van der Waals surface area contributed by atoms with Crippen molar-refractivity contribution >= 4 is 16.8 Å². The molecule has 4 nitrogen and oxygen atoms in total. The highest BCUT2D eigenvalue weighted by molar-refractivity contribution is 6.06. The molecule has 1 aromatic heterocycles. The number of unbranched alkanes of at least 4 members (excludes halogenated alkanes) is 1. The maximum Gasteiger partial charge on any atom is 0.256 e. The number of nitrogens with one attached hydrogen (secondary N) is 1. The van der Waals surface area contributed by atoms with Gasteiger partial charge in [0.15, 0.2) is 0 Å². The molecule has 1 fully saturated rings. The Morgan fingerprint density at radius 3 is 2.55 bits per heavy atom. The SMILES string of the molecule is CCCCN1CCC(N(Cc2ccccc2)C(=O)c2c[nH]c3ccccc23)CC1. The summed E-state index contributed by atoms with van der Waals surface area (Å²) in [6.45, 7) is 6.25. The highest BCUT2D eigenvalue weighted by Crippen LogP contribution is 2.25. The highest BCUT2D eigenvalue weighted by atomic mass is 16.2. The van der Waals surface area contributed by atoms with Gasteiger partial charge in [0, 0.05) is 42.8 Å². The number of hydrogen-bond acceptors (Lipinski definition) is 2. The zero-order chi connectivity index (χ0) is 20.1. The maximum atomic E-state index is 13.7. The summed E-state index contributed by atoms with van der Waals surface area (Å²) < 4.78 is 0. The molecule has 1 aliphatic rings. The summed E-state index contributed by atoms with van der Waals surface area (Å²) in [5.74, 6) is 0.137. The van der Waals surface area contributed by atoms with E-state index in [1.54, 1.807) is 0 Å². The van der Waals surface area contributed by atoms with Crippen LogP contribution in [0, 0.1) is 0 Å². The second-order valence-corrected chi connectivity index (χ2v) is 8.09. The Morgan fingerprint density at radius 2 is 1.79 bits per heavy atom. The van der Waals surface area contributed by atoms with Crippen LogP contribution in [0.3, 0.4) is 0 Å². The predicted octanol–water partition coefficient (Wildman–Crippen LogP) is 5.07. The standard InChI is InChI=1S/C25H31N3O/c1-2-3-15-27-16-13-21(14-17-27)28(19-20-9-5-4-6-10-20)25(29)23-18-26-24-12-8-7-11-22(23)24/h4-12,18,21,26H,2-3,13-17,19H2,1H3. The number of likely N-dealkylation sites (tertiary alicyclic amines) is 1. The molecule has 0 saturated carbocycles. The van der Waals surface area contributed by atoms with E-state index in [2.05, 4.69) is 46.0 Å². The first-order valence-electron chi connectivity index (χ1n) is 10.9. The fourth-order valence-corrected chi connectivity index (χ4v) is 4.39. The van der Waals surface area contributed by atoms with Gasteiger partial charge in [-0.15, -0.1) is 0 Å². The molecule has 0 radical (unpaired) electrons. The summed E-state index contributed by atoms with van der Waals surface area (Å²) in [6.07, 6.45) is 6.46. The molecule has 0 unspecified atom stereocenters. The molecular formula is C25H31N3O. The van der Waals surface area contributed by atoms with E-state index in [0.717, 1.165) is 42.4 Å². The molecule has 0 bridgehead atoms. The van der Waals surface area contributed by atoms with Crippen molar-refractivity contribution in [3.8, 4) is 0 Å². The van der Waals surface area contributed by atoms with E-state index in [0.29, 0.717) is 6.54 Å². The predicted molar refractivity (Wildman–Crippen MR) is 119 cm³/mol. The van der Waals surface area contributed by atoms with Crippen LogP contribution < -0.4 is 0 Å². The lowest BCUT2D eigenvalue weighted by Crippen LogP contribution is -2.47. The van der Waals surface area contributed by atoms with Gasteiger partial charge < -0.3 is 14.8 Å². The highest BCUT2D eigenvalue weighted by Gasteiger charge is 2.29. The number of amides is 1. The van der Waals surface area contributed by atoms with Gasteiger partial charge in [-0.25, -0.2) is 0 Å². The Balaban J connectivity index is 1.56. The molecule has 1 saturated heterocycles. The minimum Gasteiger partial charge on any atom is -0.360 e. The Bertz CT molecular complexity index is 925. The van der Waals surface area contributed by atoms with E-state index in [9.17, 15) is 4.79 Å². The average molecular weight is 390 g/mol. The normalized spacial score (nSPS) is 15.6. The minimum absolute atomic E-state index is 0.137. The summed E-state index contributed by atoms with van der Waals surface area (Å²) in [4.78, 5) is 21.6. The van der Waals surface area contributed by atoms with Gasteiger partial charge in [0.1, 0.15) is 0 Å². The van der Waals surface area contributed by atoms with E-state index < -0.39 is 0 Å². The van der Waals surface area contributed by atoms with Crippen molar-refractivity contribution in [2.45, 2.75) is 45.2 Å². The first kappa shape index (κ1) is 19.7. The lowest BCUT2D eigenvalue weighted by molar-refractivity contribution is 0.0551. The largest absolute Gasteiger partial charge is 0.360 e. The fraction of sp³-hybridized carbons (Fsp3) is 0.400. The molecule has 1 aliphatic heterocycles. The van der Waals surface area contributed by atoms with E-state index in [4.69, 9.17) is 0 Å². The van der Waals surface area contributed by atoms with Gasteiger partial charge in [0.2, 0.25) is 0 Å². The molecular weight excluding hydrogens is 358 g/mol. The number of carbonyl (C=O) groups excluding carboxylic acids is 1. The molecule has 2 heterocycles. The Hall–Kier alpha value is -2.59. The van der Waals surface area contributed by atoms with E-state index in [-0.39, 0.29) is 11.9 Å². The number of rotatable bonds is 7. The Kier molecular flexibility index (Phi) is 6.30. The van der Waals surface area contributed by atoms with Gasteiger partial charge >= 0.3 is 0 Å². The van der Waals surface area contributed by atoms with Crippen LogP contribution in [0.5, 0.6) is 0 Å². The number of piperidine rings is 1. The van der Waals surface area contributed by atoms with Crippen molar-refractivity contribution in [1.29, 1.82) is 0 Å². The number of para-hydroxylation sites is 1. The van der Waals surface area contributed by atoms with Crippen molar-refractivity contribution < 1.29 is 4.79 Å². The van der Waals surface area contributed by atoms with Crippen molar-refractivity contribution in [3.05, 3.63) is 71.9 Å². The molecule has 1 amide bonds. The minimum atomic E-state index is 0.137. The lowest BCUT2D eigenvalue weighted by Gasteiger charge is -2.38. The summed E-state index contributed by atoms with van der Waals surface area (Å²) >= 11 is 0. The number of nitrogens with zero attached hydrogens (tertiary/aromatic N) is 2. The van der Waals surface area contributed by atoms with Gasteiger partial charge in [-0.2, -0.15) is 0 Å². The zero-order valence-electron chi connectivity index (χ0n) is 17.3. The number of carbonyl (C=O) groups is 1. The third kappa shape index (κ3) is 4.54. The molecule has 29 heavy (non-hydrogen) atoms. The van der Waals surface area contributed by atoms with Gasteiger partial charge in [0.05, 0.1) is 5.56 Å². The second-order valence-electron chi connectivity index (χ2n) is 8.09. The first-order valence-corrected chi connectivity index (χ1v) is 10.9. The second kappa shape index (κ2) is 9.27. The molecule has 0 spiro atoms. The van der Waals surface area contributed by atoms with Gasteiger partial charge in [-0.05, 0) is 37.4 Å². The fourth-order valence-electron chi connectivity index (χ4n) is 4.39. The van der Waals surface area contributed by atoms with Crippen molar-refractivity contribution in [3.63, 3.8) is 0 Å². The lowest BCUT2D eigenvalue weighted by atomic mass is 10.00. The van der Waals surface area contributed by atoms with Crippen LogP contribution >= 0.6 is 0 Å². The van der Waals surface area contributed by atoms with Crippen LogP contribution in [0.25, 0.3) is 10.9 Å². The maximum absolute atomic E-state index is 13.7. The number of aromatic amines is 1. The van der Waals surface area contributed by atoms with Crippen LogP contribution in [0.15, 0.2) is 60.8 Å². The van der Waals surface area contributed by atoms with Gasteiger partial charge in [-0.3, -0.25) is 4.79 Å². The number of aromatic nitrogens is 1. The average Bonchev–Trinajstić information content (AvgIpc) is 3.21. The molecule has 3 aromatic rings. The summed E-state index contributed by atoms with van der Waals surface area (Å²) in [5.41, 5.74) is 2.99. The number of hydrogen-bond donors (Lipinski definition) is 1. The van der Waals surface area contributed by atoms with Crippen LogP contribution in [-0.4, -0.2) is 46.4 Å². The third-order valence-corrected chi connectivity index (χ3v) is 6.10. The van der Waals surface area contributed by atoms with Crippen LogP contribution in [0.1, 0.15) is 48.5 Å². The van der Waals surface area contributed by atoms with E-state index in [1.165, 1.54) is 24.9 Å². The zero-order valence-corrected chi connectivity index (χ0v) is 17.3. The molecule has 152 valence electrons. The molecule has 2 aromatic carbocycles. The monoisotopic (exact) mass is 389 g/mol. The summed E-state index contributed by atoms with van der Waals surface area (Å²) in [5, 5.41) is 1.01. The third-order valence-electron chi connectivity index (χ3n) is 6.10. The molecule has 1 N–H and O–H groups in total. The van der Waals surface area contributed by atoms with Crippen molar-refractivity contribution in [2.24, 2.45) is 0 Å². The van der Waals surface area contributed by atoms with Crippen molar-refractivity contribution in [2.75, 3.05) is 19.6 Å². The van der Waals surface area contributed by atoms with E-state index in [1.807, 2.05) is 36.5 Å². The number of H-pyrrole nitrogens is 1. The molecule has 4 heteroatoms. The van der Waals surface area contributed by atoms with Crippen LogP contribution in [0.2, 0.25) is 0 Å². The molecule has 0 aliphatic carbocycles. The van der Waals surface area contributed by atoms with E-state index >= 15 is 0 Å². The molecule has 0 atom stereocenters. The number of benzene rings is 2. The van der Waals surface area contributed by atoms with Gasteiger partial charge in [0.25, 0.3) is 5.91 Å².